The number of benzene rings is 9. The Hall–Kier alpha value is -7.01. The van der Waals surface area contributed by atoms with Crippen molar-refractivity contribution in [3.05, 3.63) is 200 Å². The smallest absolute Gasteiger partial charge is 0.124 e. The van der Waals surface area contributed by atoms with Crippen molar-refractivity contribution < 1.29 is 0 Å². The molecule has 0 fully saturated rings. The van der Waals surface area contributed by atoms with Crippen LogP contribution in [0.1, 0.15) is 0 Å². The molecule has 0 spiro atoms. The third-order valence-electron chi connectivity index (χ3n) is 10.8. The Morgan fingerprint density at radius 3 is 1.80 bits per heavy atom. The van der Waals surface area contributed by atoms with Crippen LogP contribution in [0.15, 0.2) is 200 Å². The van der Waals surface area contributed by atoms with Crippen LogP contribution in [-0.4, -0.2) is 9.55 Å². The van der Waals surface area contributed by atoms with Gasteiger partial charge in [0.15, 0.2) is 0 Å². The Labute approximate surface area is 322 Å². The predicted octanol–water partition coefficient (Wildman–Crippen LogP) is 14.5. The summed E-state index contributed by atoms with van der Waals surface area (Å²) in [7, 11) is 0. The molecule has 0 aliphatic rings. The number of nitrogens with zero attached hydrogens (tertiary/aromatic N) is 3. The van der Waals surface area contributed by atoms with Gasteiger partial charge in [-0.25, -0.2) is 4.98 Å². The fraction of sp³-hybridized carbons (Fsp3) is 0. The van der Waals surface area contributed by atoms with Crippen LogP contribution in [0.2, 0.25) is 0 Å². The number of hydrogen-bond donors (Lipinski definition) is 0. The summed E-state index contributed by atoms with van der Waals surface area (Å²) in [5.41, 5.74) is 11.5. The molecule has 0 amide bonds. The molecule has 55 heavy (non-hydrogen) atoms. The maximum Gasteiger partial charge on any atom is 0.124 e. The van der Waals surface area contributed by atoms with E-state index in [0.717, 1.165) is 38.8 Å². The molecule has 0 aliphatic carbocycles. The Balaban J connectivity index is 1.12. The van der Waals surface area contributed by atoms with E-state index in [1.165, 1.54) is 59.2 Å². The Morgan fingerprint density at radius 1 is 0.400 bits per heavy atom. The van der Waals surface area contributed by atoms with Gasteiger partial charge in [0.2, 0.25) is 0 Å². The third kappa shape index (κ3) is 5.22. The van der Waals surface area contributed by atoms with Crippen molar-refractivity contribution in [2.24, 2.45) is 0 Å². The minimum Gasteiger partial charge on any atom is -0.310 e. The van der Waals surface area contributed by atoms with Gasteiger partial charge in [-0.05, 0) is 82.6 Å². The third-order valence-corrected chi connectivity index (χ3v) is 11.9. The van der Waals surface area contributed by atoms with Crippen LogP contribution in [0, 0.1) is 0 Å². The van der Waals surface area contributed by atoms with Gasteiger partial charge in [0.25, 0.3) is 0 Å². The van der Waals surface area contributed by atoms with Crippen molar-refractivity contribution in [1.29, 1.82) is 0 Å². The molecule has 0 saturated heterocycles. The zero-order valence-corrected chi connectivity index (χ0v) is 30.6. The molecule has 0 atom stereocenters. The monoisotopic (exact) mass is 719 g/mol. The highest BCUT2D eigenvalue weighted by molar-refractivity contribution is 7.21. The number of aromatic nitrogens is 2. The average molecular weight is 720 g/mol. The van der Waals surface area contributed by atoms with E-state index < -0.39 is 0 Å². The second kappa shape index (κ2) is 12.8. The maximum atomic E-state index is 5.19. The molecule has 258 valence electrons. The van der Waals surface area contributed by atoms with E-state index in [2.05, 4.69) is 210 Å². The van der Waals surface area contributed by atoms with Crippen LogP contribution in [0.3, 0.4) is 0 Å². The van der Waals surface area contributed by atoms with Crippen LogP contribution in [-0.2, 0) is 0 Å². The van der Waals surface area contributed by atoms with E-state index in [0.29, 0.717) is 0 Å². The Morgan fingerprint density at radius 2 is 1.00 bits per heavy atom. The van der Waals surface area contributed by atoms with Crippen LogP contribution in [0.25, 0.3) is 81.0 Å². The lowest BCUT2D eigenvalue weighted by atomic mass is 9.98. The molecule has 0 aliphatic heterocycles. The van der Waals surface area contributed by atoms with E-state index in [4.69, 9.17) is 4.98 Å². The topological polar surface area (TPSA) is 21.1 Å². The molecule has 11 aromatic rings. The lowest BCUT2D eigenvalue weighted by Crippen LogP contribution is -2.10. The minimum absolute atomic E-state index is 1.05. The highest BCUT2D eigenvalue weighted by Crippen LogP contribution is 2.44. The molecule has 0 N–H and O–H groups in total. The average Bonchev–Trinajstić information content (AvgIpc) is 3.85. The van der Waals surface area contributed by atoms with Gasteiger partial charge in [-0.15, -0.1) is 11.3 Å². The van der Waals surface area contributed by atoms with Gasteiger partial charge < -0.3 is 9.47 Å². The molecular weight excluding hydrogens is 687 g/mol. The number of thiazole rings is 1. The molecular formula is C51H33N3S. The first-order chi connectivity index (χ1) is 27.3. The highest BCUT2D eigenvalue weighted by Gasteiger charge is 2.20. The zero-order chi connectivity index (χ0) is 36.3. The molecule has 9 aromatic carbocycles. The van der Waals surface area contributed by atoms with Crippen molar-refractivity contribution in [3.8, 4) is 27.4 Å². The van der Waals surface area contributed by atoms with Crippen molar-refractivity contribution in [2.75, 3.05) is 4.90 Å². The summed E-state index contributed by atoms with van der Waals surface area (Å²) >= 11 is 1.75. The van der Waals surface area contributed by atoms with Crippen molar-refractivity contribution in [2.45, 2.75) is 0 Å². The number of fused-ring (bicyclic) bond motifs is 8. The van der Waals surface area contributed by atoms with Gasteiger partial charge in [-0.3, -0.25) is 0 Å². The first kappa shape index (κ1) is 31.5. The number of rotatable bonds is 6. The first-order valence-electron chi connectivity index (χ1n) is 18.6. The van der Waals surface area contributed by atoms with Gasteiger partial charge >= 0.3 is 0 Å². The van der Waals surface area contributed by atoms with Crippen LogP contribution in [0.4, 0.5) is 17.1 Å². The van der Waals surface area contributed by atoms with Gasteiger partial charge in [0, 0.05) is 44.2 Å². The molecule has 2 aromatic heterocycles. The largest absolute Gasteiger partial charge is 0.310 e. The zero-order valence-electron chi connectivity index (χ0n) is 29.8. The fourth-order valence-electron chi connectivity index (χ4n) is 8.26. The van der Waals surface area contributed by atoms with Crippen LogP contribution in [0.5, 0.6) is 0 Å². The molecule has 0 radical (unpaired) electrons. The molecule has 4 heteroatoms. The molecule has 0 saturated carbocycles. The van der Waals surface area contributed by atoms with E-state index in [1.807, 2.05) is 0 Å². The normalized spacial score (nSPS) is 11.6. The lowest BCUT2D eigenvalue weighted by Gasteiger charge is -2.27. The van der Waals surface area contributed by atoms with Crippen LogP contribution >= 0.6 is 11.3 Å². The predicted molar refractivity (Wildman–Crippen MR) is 235 cm³/mol. The number of anilines is 3. The Bertz CT molecular complexity index is 3180. The first-order valence-corrected chi connectivity index (χ1v) is 19.4. The number of para-hydroxylation sites is 2. The van der Waals surface area contributed by atoms with Crippen molar-refractivity contribution in [1.82, 2.24) is 9.55 Å². The molecule has 0 bridgehead atoms. The van der Waals surface area contributed by atoms with E-state index in [-0.39, 0.29) is 0 Å². The SMILES string of the molecule is c1ccc(-c2ccc(N(c3ccc4c(c3)c3ccccc3n4-c3ccccc3)c3cccc4c3ccc3c4ccc4sc(-c5ccccc5)nc43)cc2)cc1. The summed E-state index contributed by atoms with van der Waals surface area (Å²) in [6, 6.07) is 72.2. The second-order valence-corrected chi connectivity index (χ2v) is 15.0. The highest BCUT2D eigenvalue weighted by atomic mass is 32.1. The van der Waals surface area contributed by atoms with Gasteiger partial charge in [-0.1, -0.05) is 140 Å². The Kier molecular flexibility index (Phi) is 7.35. The summed E-state index contributed by atoms with van der Waals surface area (Å²) < 4.78 is 3.57. The van der Waals surface area contributed by atoms with E-state index >= 15 is 0 Å². The summed E-state index contributed by atoms with van der Waals surface area (Å²) in [6.45, 7) is 0. The van der Waals surface area contributed by atoms with Crippen LogP contribution < -0.4 is 4.90 Å². The number of hydrogen-bond acceptors (Lipinski definition) is 3. The summed E-state index contributed by atoms with van der Waals surface area (Å²) in [6.07, 6.45) is 0. The molecule has 0 unspecified atom stereocenters. The lowest BCUT2D eigenvalue weighted by molar-refractivity contribution is 1.18. The molecule has 11 rings (SSSR count). The summed E-state index contributed by atoms with van der Waals surface area (Å²) in [5, 5.41) is 8.27. The van der Waals surface area contributed by atoms with Crippen molar-refractivity contribution in [3.63, 3.8) is 0 Å². The van der Waals surface area contributed by atoms with E-state index in [1.54, 1.807) is 11.3 Å². The maximum absolute atomic E-state index is 5.19. The van der Waals surface area contributed by atoms with Gasteiger partial charge in [-0.2, -0.15) is 0 Å². The molecule has 3 nitrogen and oxygen atoms in total. The minimum atomic E-state index is 1.05. The van der Waals surface area contributed by atoms with Gasteiger partial charge in [0.05, 0.1) is 26.9 Å². The summed E-state index contributed by atoms with van der Waals surface area (Å²) in [5.74, 6) is 0. The molecule has 2 heterocycles. The quantitative estimate of drug-likeness (QED) is 0.160. The van der Waals surface area contributed by atoms with Crippen molar-refractivity contribution >= 4 is 82.0 Å². The van der Waals surface area contributed by atoms with Gasteiger partial charge in [0.1, 0.15) is 5.01 Å². The fourth-order valence-corrected chi connectivity index (χ4v) is 9.25. The standard InChI is InChI=1S/C51H33N3S/c1-4-13-34(14-5-1)35-23-25-38(26-24-35)53(39-27-31-48-45(33-39)42-19-10-11-21-47(42)54(48)37-17-8-3-9-18-37)46-22-12-20-40-41-30-32-49-50(44(41)29-28-43(40)46)52-51(55-49)36-15-6-2-7-16-36/h1-33H. The van der Waals surface area contributed by atoms with E-state index in [9.17, 15) is 0 Å². The second-order valence-electron chi connectivity index (χ2n) is 14.0. The summed E-state index contributed by atoms with van der Waals surface area (Å²) in [4.78, 5) is 7.61.